The van der Waals surface area contributed by atoms with Gasteiger partial charge < -0.3 is 4.57 Å². The van der Waals surface area contributed by atoms with E-state index in [0.29, 0.717) is 17.8 Å². The minimum atomic E-state index is 0.374. The molecule has 7 nitrogen and oxygen atoms in total. The lowest BCUT2D eigenvalue weighted by Gasteiger charge is -2.11. The number of H-pyrrole nitrogens is 1. The maximum absolute atomic E-state index is 5.40. The fourth-order valence-electron chi connectivity index (χ4n) is 6.07. The number of hydrogen-bond donors (Lipinski definition) is 1. The van der Waals surface area contributed by atoms with Crippen LogP contribution in [-0.2, 0) is 13.6 Å². The summed E-state index contributed by atoms with van der Waals surface area (Å²) in [6.07, 6.45) is 8.87. The Morgan fingerprint density at radius 2 is 1.71 bits per heavy atom. The van der Waals surface area contributed by atoms with Gasteiger partial charge in [0.15, 0.2) is 5.65 Å². The van der Waals surface area contributed by atoms with Crippen LogP contribution in [0.4, 0.5) is 0 Å². The predicted molar refractivity (Wildman–Crippen MR) is 165 cm³/mol. The second kappa shape index (κ2) is 10.3. The van der Waals surface area contributed by atoms with E-state index in [9.17, 15) is 0 Å². The molecule has 0 aliphatic heterocycles. The van der Waals surface area contributed by atoms with Crippen molar-refractivity contribution < 1.29 is 0 Å². The molecule has 208 valence electrons. The van der Waals surface area contributed by atoms with E-state index in [2.05, 4.69) is 94.2 Å². The van der Waals surface area contributed by atoms with Crippen LogP contribution in [0.3, 0.4) is 0 Å². The molecule has 0 bridgehead atoms. The van der Waals surface area contributed by atoms with Gasteiger partial charge in [-0.3, -0.25) is 9.78 Å². The normalized spacial score (nSPS) is 15.7. The van der Waals surface area contributed by atoms with Crippen molar-refractivity contribution in [1.29, 1.82) is 0 Å². The fourth-order valence-corrected chi connectivity index (χ4v) is 6.07. The summed E-state index contributed by atoms with van der Waals surface area (Å²) in [4.78, 5) is 10.4. The number of imidazole rings is 1. The SMILES string of the molecule is CC.C[C@@H](Cn1cc2c(-c3nc(-c4cc5cn[nH]c5nc4C4CC4)n(C)c3C3CC3)cccc2n1)c1ccccc1. The smallest absolute Gasteiger partial charge is 0.155 e. The third-order valence-corrected chi connectivity index (χ3v) is 8.45. The lowest BCUT2D eigenvalue weighted by atomic mass is 10.0. The van der Waals surface area contributed by atoms with E-state index in [1.54, 1.807) is 0 Å². The van der Waals surface area contributed by atoms with Gasteiger partial charge in [0.25, 0.3) is 0 Å². The highest BCUT2D eigenvalue weighted by Crippen LogP contribution is 2.49. The molecule has 7 heteroatoms. The van der Waals surface area contributed by atoms with E-state index in [1.807, 2.05) is 20.0 Å². The number of benzene rings is 2. The van der Waals surface area contributed by atoms with Crippen LogP contribution >= 0.6 is 0 Å². The first-order chi connectivity index (χ1) is 20.1. The minimum absolute atomic E-state index is 0.374. The van der Waals surface area contributed by atoms with E-state index in [0.717, 1.165) is 51.3 Å². The van der Waals surface area contributed by atoms with Crippen LogP contribution in [0.5, 0.6) is 0 Å². The average molecular weight is 544 g/mol. The van der Waals surface area contributed by atoms with E-state index >= 15 is 0 Å². The molecular formula is C34H37N7. The molecular weight excluding hydrogens is 506 g/mol. The largest absolute Gasteiger partial charge is 0.330 e. The molecule has 0 amide bonds. The molecule has 4 aromatic heterocycles. The van der Waals surface area contributed by atoms with E-state index < -0.39 is 0 Å². The number of pyridine rings is 1. The van der Waals surface area contributed by atoms with Gasteiger partial charge in [0.1, 0.15) is 5.82 Å². The van der Waals surface area contributed by atoms with Gasteiger partial charge in [-0.2, -0.15) is 10.2 Å². The van der Waals surface area contributed by atoms with Crippen LogP contribution in [0.15, 0.2) is 67.0 Å². The monoisotopic (exact) mass is 543 g/mol. The summed E-state index contributed by atoms with van der Waals surface area (Å²) in [6, 6.07) is 19.4. The maximum atomic E-state index is 5.40. The van der Waals surface area contributed by atoms with Gasteiger partial charge in [0, 0.05) is 65.1 Å². The molecule has 1 N–H and O–H groups in total. The van der Waals surface area contributed by atoms with Gasteiger partial charge in [0.05, 0.1) is 23.1 Å². The molecule has 8 rings (SSSR count). The van der Waals surface area contributed by atoms with Crippen LogP contribution < -0.4 is 0 Å². The maximum Gasteiger partial charge on any atom is 0.155 e. The quantitative estimate of drug-likeness (QED) is 0.222. The number of hydrogen-bond acceptors (Lipinski definition) is 4. The van der Waals surface area contributed by atoms with Gasteiger partial charge in [-0.25, -0.2) is 9.97 Å². The Morgan fingerprint density at radius 1 is 0.927 bits per heavy atom. The van der Waals surface area contributed by atoms with Gasteiger partial charge in [-0.1, -0.05) is 63.2 Å². The van der Waals surface area contributed by atoms with Gasteiger partial charge in [-0.15, -0.1) is 0 Å². The molecule has 2 saturated carbocycles. The molecule has 0 unspecified atom stereocenters. The van der Waals surface area contributed by atoms with Crippen molar-refractivity contribution in [2.45, 2.75) is 70.8 Å². The fraction of sp³-hybridized carbons (Fsp3) is 0.353. The van der Waals surface area contributed by atoms with Crippen molar-refractivity contribution in [3.8, 4) is 22.6 Å². The second-order valence-corrected chi connectivity index (χ2v) is 11.4. The number of nitrogens with one attached hydrogen (secondary N) is 1. The topological polar surface area (TPSA) is 77.2 Å². The molecule has 2 aliphatic carbocycles. The van der Waals surface area contributed by atoms with Crippen molar-refractivity contribution in [3.05, 3.63) is 83.9 Å². The van der Waals surface area contributed by atoms with Crippen molar-refractivity contribution in [1.82, 2.24) is 34.5 Å². The molecule has 2 fully saturated rings. The molecule has 0 saturated heterocycles. The second-order valence-electron chi connectivity index (χ2n) is 11.4. The molecule has 0 radical (unpaired) electrons. The van der Waals surface area contributed by atoms with Crippen molar-refractivity contribution in [3.63, 3.8) is 0 Å². The van der Waals surface area contributed by atoms with Gasteiger partial charge >= 0.3 is 0 Å². The molecule has 0 spiro atoms. The predicted octanol–water partition coefficient (Wildman–Crippen LogP) is 7.96. The average Bonchev–Trinajstić information content (AvgIpc) is 3.91. The number of aromatic amines is 1. The summed E-state index contributed by atoms with van der Waals surface area (Å²) in [6.45, 7) is 7.10. The summed E-state index contributed by atoms with van der Waals surface area (Å²) in [5.41, 5.74) is 9.08. The Kier molecular flexibility index (Phi) is 6.45. The Bertz CT molecular complexity index is 1830. The molecule has 2 aromatic carbocycles. The highest BCUT2D eigenvalue weighted by atomic mass is 15.3. The van der Waals surface area contributed by atoms with Crippen molar-refractivity contribution in [2.75, 3.05) is 0 Å². The number of nitrogens with zero attached hydrogens (tertiary/aromatic N) is 6. The first-order valence-electron chi connectivity index (χ1n) is 15.1. The summed E-state index contributed by atoms with van der Waals surface area (Å²) in [5.74, 6) is 2.43. The third kappa shape index (κ3) is 4.63. The molecule has 4 heterocycles. The Hall–Kier alpha value is -4.26. The van der Waals surface area contributed by atoms with Crippen LogP contribution in [0.25, 0.3) is 44.6 Å². The number of fused-ring (bicyclic) bond motifs is 2. The molecule has 6 aromatic rings. The van der Waals surface area contributed by atoms with Gasteiger partial charge in [0.2, 0.25) is 0 Å². The van der Waals surface area contributed by atoms with Crippen LogP contribution in [0, 0.1) is 0 Å². The minimum Gasteiger partial charge on any atom is -0.330 e. The highest BCUT2D eigenvalue weighted by molar-refractivity contribution is 5.95. The van der Waals surface area contributed by atoms with Crippen LogP contribution in [-0.4, -0.2) is 34.5 Å². The highest BCUT2D eigenvalue weighted by Gasteiger charge is 2.35. The Labute approximate surface area is 240 Å². The lowest BCUT2D eigenvalue weighted by Crippen LogP contribution is -2.06. The summed E-state index contributed by atoms with van der Waals surface area (Å²) < 4.78 is 4.44. The zero-order chi connectivity index (χ0) is 28.1. The number of rotatable bonds is 7. The Morgan fingerprint density at radius 3 is 2.46 bits per heavy atom. The van der Waals surface area contributed by atoms with Crippen LogP contribution in [0.2, 0.25) is 0 Å². The Balaban J connectivity index is 0.00000135. The summed E-state index contributed by atoms with van der Waals surface area (Å²) in [7, 11) is 2.18. The third-order valence-electron chi connectivity index (χ3n) is 8.45. The lowest BCUT2D eigenvalue weighted by molar-refractivity contribution is 0.547. The van der Waals surface area contributed by atoms with Crippen LogP contribution in [0.1, 0.15) is 81.2 Å². The molecule has 1 atom stereocenters. The number of aromatic nitrogens is 7. The van der Waals surface area contributed by atoms with E-state index in [4.69, 9.17) is 15.1 Å². The van der Waals surface area contributed by atoms with Gasteiger partial charge in [-0.05, 0) is 43.4 Å². The first-order valence-corrected chi connectivity index (χ1v) is 15.1. The van der Waals surface area contributed by atoms with Crippen molar-refractivity contribution in [2.24, 2.45) is 7.05 Å². The summed E-state index contributed by atoms with van der Waals surface area (Å²) >= 11 is 0. The van der Waals surface area contributed by atoms with E-state index in [-0.39, 0.29) is 0 Å². The van der Waals surface area contributed by atoms with Crippen molar-refractivity contribution >= 4 is 21.9 Å². The van der Waals surface area contributed by atoms with E-state index in [1.165, 1.54) is 42.5 Å². The standard InChI is InChI=1S/C32H31N7.C2H6/c1-19(20-7-4-3-5-8-20)17-39-18-26-24(9-6-10-27(26)37-39)29-30(22-13-14-22)38(2)32(35-29)25-15-23-16-33-36-31(23)34-28(25)21-11-12-21;1-2/h3-10,15-16,18-19,21-22H,11-14,17H2,1-2H3,(H,33,34,36);1-2H3/t19-;/m0./s1. The first kappa shape index (κ1) is 25.7. The zero-order valence-electron chi connectivity index (χ0n) is 24.3. The molecule has 2 aliphatic rings. The summed E-state index contributed by atoms with van der Waals surface area (Å²) in [5, 5.41) is 14.5. The zero-order valence-corrected chi connectivity index (χ0v) is 24.3. The molecule has 41 heavy (non-hydrogen) atoms.